The second-order valence-electron chi connectivity index (χ2n) is 8.70. The molecule has 13 heteroatoms. The van der Waals surface area contributed by atoms with E-state index in [1.54, 1.807) is 23.0 Å². The predicted molar refractivity (Wildman–Crippen MR) is 123 cm³/mol. The Hall–Kier alpha value is -3.84. The fourth-order valence-corrected chi connectivity index (χ4v) is 4.26. The first-order valence-corrected chi connectivity index (χ1v) is 11.6. The van der Waals surface area contributed by atoms with Crippen molar-refractivity contribution in [3.63, 3.8) is 0 Å². The van der Waals surface area contributed by atoms with Crippen LogP contribution in [0.1, 0.15) is 18.0 Å². The molecule has 2 aliphatic rings. The van der Waals surface area contributed by atoms with E-state index in [4.69, 9.17) is 9.15 Å². The van der Waals surface area contributed by atoms with E-state index < -0.39 is 12.3 Å². The quantitative estimate of drug-likeness (QED) is 0.379. The molecule has 0 spiro atoms. The normalized spacial score (nSPS) is 17.0. The molecule has 2 fully saturated rings. The van der Waals surface area contributed by atoms with Gasteiger partial charge in [0.1, 0.15) is 11.5 Å². The zero-order chi connectivity index (χ0) is 24.5. The van der Waals surface area contributed by atoms with E-state index in [2.05, 4.69) is 40.3 Å². The molecule has 0 N–H and O–H groups in total. The van der Waals surface area contributed by atoms with Gasteiger partial charge in [-0.3, -0.25) is 9.88 Å². The summed E-state index contributed by atoms with van der Waals surface area (Å²) in [7, 11) is 0. The second kappa shape index (κ2) is 9.66. The average molecular weight is 495 g/mol. The number of anilines is 1. The topological polar surface area (TPSA) is 111 Å². The molecule has 2 aliphatic heterocycles. The Morgan fingerprint density at radius 3 is 2.53 bits per heavy atom. The van der Waals surface area contributed by atoms with E-state index >= 15 is 0 Å². The summed E-state index contributed by atoms with van der Waals surface area (Å²) >= 11 is 0. The van der Waals surface area contributed by atoms with Gasteiger partial charge in [-0.2, -0.15) is 8.78 Å². The molecule has 0 atom stereocenters. The summed E-state index contributed by atoms with van der Waals surface area (Å²) in [4.78, 5) is 13.7. The highest BCUT2D eigenvalue weighted by Crippen LogP contribution is 2.24. The molecule has 0 aliphatic carbocycles. The maximum Gasteiger partial charge on any atom is 0.314 e. The Morgan fingerprint density at radius 1 is 0.972 bits per heavy atom. The van der Waals surface area contributed by atoms with Crippen molar-refractivity contribution >= 4 is 5.82 Å². The molecule has 0 unspecified atom stereocenters. The number of aromatic nitrogens is 7. The van der Waals surface area contributed by atoms with Gasteiger partial charge in [0.2, 0.25) is 5.89 Å². The van der Waals surface area contributed by atoms with E-state index in [-0.39, 0.29) is 5.89 Å². The Morgan fingerprint density at radius 2 is 1.83 bits per heavy atom. The average Bonchev–Trinajstić information content (AvgIpc) is 3.55. The lowest BCUT2D eigenvalue weighted by atomic mass is 10.1. The van der Waals surface area contributed by atoms with Crippen molar-refractivity contribution in [3.8, 4) is 22.7 Å². The molecule has 4 aromatic rings. The second-order valence-corrected chi connectivity index (χ2v) is 8.70. The Balaban J connectivity index is 1.10. The largest absolute Gasteiger partial charge is 0.415 e. The highest BCUT2D eigenvalue weighted by atomic mass is 19.3. The molecule has 0 amide bonds. The highest BCUT2D eigenvalue weighted by Gasteiger charge is 2.29. The van der Waals surface area contributed by atoms with Gasteiger partial charge < -0.3 is 14.1 Å². The number of ether oxygens (including phenoxy) is 1. The number of alkyl halides is 2. The van der Waals surface area contributed by atoms with Crippen LogP contribution >= 0.6 is 0 Å². The van der Waals surface area contributed by atoms with Crippen molar-refractivity contribution in [2.24, 2.45) is 0 Å². The third-order valence-electron chi connectivity index (χ3n) is 6.38. The summed E-state index contributed by atoms with van der Waals surface area (Å²) in [6, 6.07) is 7.97. The van der Waals surface area contributed by atoms with Crippen LogP contribution in [-0.4, -0.2) is 85.5 Å². The van der Waals surface area contributed by atoms with Crippen LogP contribution in [-0.2, 0) is 11.3 Å². The number of rotatable bonds is 7. The first kappa shape index (κ1) is 22.6. The Kier molecular flexibility index (Phi) is 6.07. The van der Waals surface area contributed by atoms with Gasteiger partial charge in [-0.25, -0.2) is 9.67 Å². The Bertz CT molecular complexity index is 1320. The zero-order valence-electron chi connectivity index (χ0n) is 19.2. The number of nitrogens with zero attached hydrogens (tertiary/aromatic N) is 9. The van der Waals surface area contributed by atoms with Crippen molar-refractivity contribution in [3.05, 3.63) is 54.4 Å². The van der Waals surface area contributed by atoms with Gasteiger partial charge in [0.15, 0.2) is 0 Å². The number of halogens is 2. The predicted octanol–water partition coefficient (Wildman–Crippen LogP) is 2.29. The zero-order valence-corrected chi connectivity index (χ0v) is 19.2. The van der Waals surface area contributed by atoms with Crippen molar-refractivity contribution in [1.29, 1.82) is 0 Å². The first-order chi connectivity index (χ1) is 17.6. The van der Waals surface area contributed by atoms with E-state index in [9.17, 15) is 8.78 Å². The highest BCUT2D eigenvalue weighted by molar-refractivity contribution is 5.62. The third kappa shape index (κ3) is 4.66. The van der Waals surface area contributed by atoms with Crippen molar-refractivity contribution in [1.82, 2.24) is 40.1 Å². The molecule has 4 aromatic heterocycles. The van der Waals surface area contributed by atoms with Crippen LogP contribution < -0.4 is 4.90 Å². The number of piperazine rings is 1. The third-order valence-corrected chi connectivity index (χ3v) is 6.38. The standard InChI is InChI=1S/C23H23F2N9O2/c24-21(25)23-30-29-22(36-23)16-1-2-17(27-10-16)11-34-12-19(28-31-34)15-3-4-26-20(9-15)33-7-5-32(6-8-33)18-13-35-14-18/h1-4,9-10,12,18,21H,5-8,11,13-14H2. The van der Waals surface area contributed by atoms with E-state index in [0.29, 0.717) is 23.8 Å². The van der Waals surface area contributed by atoms with Gasteiger partial charge in [-0.1, -0.05) is 5.21 Å². The molecule has 0 aromatic carbocycles. The first-order valence-electron chi connectivity index (χ1n) is 11.6. The van der Waals surface area contributed by atoms with Crippen molar-refractivity contribution in [2.75, 3.05) is 44.3 Å². The lowest BCUT2D eigenvalue weighted by molar-refractivity contribution is -0.0660. The van der Waals surface area contributed by atoms with Crippen LogP contribution in [0.15, 0.2) is 47.3 Å². The van der Waals surface area contributed by atoms with E-state index in [0.717, 1.165) is 56.5 Å². The van der Waals surface area contributed by atoms with Crippen molar-refractivity contribution < 1.29 is 17.9 Å². The van der Waals surface area contributed by atoms with E-state index in [1.807, 2.05) is 18.3 Å². The minimum Gasteiger partial charge on any atom is -0.415 e. The van der Waals surface area contributed by atoms with Crippen LogP contribution in [0.2, 0.25) is 0 Å². The van der Waals surface area contributed by atoms with Gasteiger partial charge in [0, 0.05) is 44.1 Å². The molecule has 11 nitrogen and oxygen atoms in total. The van der Waals surface area contributed by atoms with Crippen LogP contribution in [0.3, 0.4) is 0 Å². The lowest BCUT2D eigenvalue weighted by Gasteiger charge is -2.42. The minimum absolute atomic E-state index is 0.000600. The molecule has 36 heavy (non-hydrogen) atoms. The van der Waals surface area contributed by atoms with Gasteiger partial charge in [-0.05, 0) is 24.3 Å². The van der Waals surface area contributed by atoms with Crippen LogP contribution in [0.5, 0.6) is 0 Å². The van der Waals surface area contributed by atoms with E-state index in [1.165, 1.54) is 6.20 Å². The number of hydrogen-bond donors (Lipinski definition) is 0. The molecule has 0 radical (unpaired) electrons. The van der Waals surface area contributed by atoms with Crippen LogP contribution in [0.25, 0.3) is 22.7 Å². The van der Waals surface area contributed by atoms with Gasteiger partial charge in [-0.15, -0.1) is 15.3 Å². The smallest absolute Gasteiger partial charge is 0.314 e. The van der Waals surface area contributed by atoms with Gasteiger partial charge >= 0.3 is 6.43 Å². The fourth-order valence-electron chi connectivity index (χ4n) is 4.26. The number of pyridine rings is 2. The summed E-state index contributed by atoms with van der Waals surface area (Å²) in [5.74, 6) is 0.216. The summed E-state index contributed by atoms with van der Waals surface area (Å²) < 4.78 is 37.3. The summed E-state index contributed by atoms with van der Waals surface area (Å²) in [5, 5.41) is 15.5. The molecule has 186 valence electrons. The van der Waals surface area contributed by atoms with Crippen LogP contribution in [0, 0.1) is 0 Å². The van der Waals surface area contributed by atoms with Crippen molar-refractivity contribution in [2.45, 2.75) is 19.0 Å². The monoisotopic (exact) mass is 495 g/mol. The maximum absolute atomic E-state index is 12.7. The summed E-state index contributed by atoms with van der Waals surface area (Å²) in [6.45, 7) is 5.92. The summed E-state index contributed by atoms with van der Waals surface area (Å²) in [6.07, 6.45) is 2.35. The maximum atomic E-state index is 12.7. The molecular weight excluding hydrogens is 472 g/mol. The SMILES string of the molecule is FC(F)c1nnc(-c2ccc(Cn3cc(-c4ccnc(N5CCN(C6COC6)CC5)c4)nn3)nc2)o1. The molecule has 0 saturated carbocycles. The number of hydrogen-bond acceptors (Lipinski definition) is 10. The molecular formula is C23H23F2N9O2. The van der Waals surface area contributed by atoms with Crippen LogP contribution in [0.4, 0.5) is 14.6 Å². The molecule has 6 heterocycles. The molecule has 6 rings (SSSR count). The summed E-state index contributed by atoms with van der Waals surface area (Å²) in [5.41, 5.74) is 2.86. The van der Waals surface area contributed by atoms with Gasteiger partial charge in [0.25, 0.3) is 5.89 Å². The molecule has 2 saturated heterocycles. The lowest BCUT2D eigenvalue weighted by Crippen LogP contribution is -2.56. The van der Waals surface area contributed by atoms with Gasteiger partial charge in [0.05, 0.1) is 43.3 Å². The fraction of sp³-hybridized carbons (Fsp3) is 0.391. The minimum atomic E-state index is -2.81. The molecule has 0 bridgehead atoms. The Labute approximate surface area is 204 Å².